The first-order valence-electron chi connectivity index (χ1n) is 10.1. The van der Waals surface area contributed by atoms with Crippen LogP contribution in [0.4, 0.5) is 0 Å². The molecule has 0 amide bonds. The van der Waals surface area contributed by atoms with E-state index in [1.807, 2.05) is 0 Å². The molecule has 0 spiro atoms. The van der Waals surface area contributed by atoms with Crippen LogP contribution in [0.1, 0.15) is 80.1 Å². The van der Waals surface area contributed by atoms with Crippen molar-refractivity contribution in [2.45, 2.75) is 80.1 Å². The maximum absolute atomic E-state index is 13.1. The van der Waals surface area contributed by atoms with Crippen LogP contribution in [0, 0.1) is 45.3 Å². The van der Waals surface area contributed by atoms with E-state index >= 15 is 0 Å². The Morgan fingerprint density at radius 1 is 0.708 bits per heavy atom. The van der Waals surface area contributed by atoms with E-state index in [0.29, 0.717) is 23.4 Å². The smallest absolute Gasteiger partial charge is 0.142 e. The summed E-state index contributed by atoms with van der Waals surface area (Å²) in [5.74, 6) is 2.50. The van der Waals surface area contributed by atoms with Crippen LogP contribution in [-0.2, 0) is 9.59 Å². The molecular formula is C22H34O2. The third kappa shape index (κ3) is 1.60. The van der Waals surface area contributed by atoms with Gasteiger partial charge in [0.2, 0.25) is 0 Å². The molecule has 24 heavy (non-hydrogen) atoms. The van der Waals surface area contributed by atoms with Crippen LogP contribution >= 0.6 is 0 Å². The molecule has 0 heterocycles. The van der Waals surface area contributed by atoms with Crippen LogP contribution in [0.15, 0.2) is 0 Å². The second-order valence-corrected chi connectivity index (χ2v) is 10.9. The van der Waals surface area contributed by atoms with Crippen LogP contribution in [0.3, 0.4) is 0 Å². The molecule has 0 unspecified atom stereocenters. The highest BCUT2D eigenvalue weighted by Crippen LogP contribution is 2.69. The quantitative estimate of drug-likeness (QED) is 0.725. The first-order chi connectivity index (χ1) is 11.0. The van der Waals surface area contributed by atoms with Gasteiger partial charge in [-0.3, -0.25) is 9.59 Å². The second kappa shape index (κ2) is 4.54. The third-order valence-electron chi connectivity index (χ3n) is 10.1. The van der Waals surface area contributed by atoms with Crippen molar-refractivity contribution in [2.24, 2.45) is 45.3 Å². The number of Topliss-reactive ketones (excluding diaryl/α,β-unsaturated/α-hetero) is 2. The Bertz CT molecular complexity index is 561. The zero-order valence-electron chi connectivity index (χ0n) is 16.4. The van der Waals surface area contributed by atoms with Crippen LogP contribution < -0.4 is 0 Å². The van der Waals surface area contributed by atoms with E-state index in [9.17, 15) is 9.59 Å². The van der Waals surface area contributed by atoms with Crippen molar-refractivity contribution in [3.8, 4) is 0 Å². The Labute approximate surface area is 147 Å². The molecule has 4 rings (SSSR count). The van der Waals surface area contributed by atoms with Crippen molar-refractivity contribution in [2.75, 3.05) is 0 Å². The van der Waals surface area contributed by atoms with Gasteiger partial charge in [0.1, 0.15) is 11.6 Å². The Hall–Kier alpha value is -0.660. The average Bonchev–Trinajstić information content (AvgIpc) is 2.97. The van der Waals surface area contributed by atoms with Crippen molar-refractivity contribution in [1.29, 1.82) is 0 Å². The van der Waals surface area contributed by atoms with E-state index in [1.165, 1.54) is 12.8 Å². The molecule has 4 aliphatic rings. The molecule has 2 heteroatoms. The molecule has 2 nitrogen and oxygen atoms in total. The van der Waals surface area contributed by atoms with Gasteiger partial charge in [-0.2, -0.15) is 0 Å². The van der Waals surface area contributed by atoms with Gasteiger partial charge in [0.15, 0.2) is 0 Å². The molecular weight excluding hydrogens is 296 g/mol. The molecule has 4 bridgehead atoms. The maximum atomic E-state index is 13.1. The number of carbonyl (C=O) groups is 2. The van der Waals surface area contributed by atoms with Crippen molar-refractivity contribution < 1.29 is 9.59 Å². The van der Waals surface area contributed by atoms with Gasteiger partial charge in [-0.25, -0.2) is 0 Å². The van der Waals surface area contributed by atoms with Gasteiger partial charge in [0.05, 0.1) is 0 Å². The van der Waals surface area contributed by atoms with Gasteiger partial charge >= 0.3 is 0 Å². The van der Waals surface area contributed by atoms with Crippen molar-refractivity contribution in [3.05, 3.63) is 0 Å². The Morgan fingerprint density at radius 2 is 1.04 bits per heavy atom. The standard InChI is InChI=1S/C22H34O2/c1-19(2)15-9-11-21(19,5)17(23)13(15)7-8-14-16-10-12-22(6,18(14)24)20(16,3)4/h13-16H,7-12H2,1-6H3/t13-,14-,15-,16+,21+,22+/m1/s1. The predicted octanol–water partition coefficient (Wildman–Crippen LogP) is 5.05. The van der Waals surface area contributed by atoms with E-state index in [4.69, 9.17) is 0 Å². The minimum Gasteiger partial charge on any atom is -0.299 e. The molecule has 0 N–H and O–H groups in total. The second-order valence-electron chi connectivity index (χ2n) is 10.9. The summed E-state index contributed by atoms with van der Waals surface area (Å²) in [6.07, 6.45) is 6.42. The van der Waals surface area contributed by atoms with Gasteiger partial charge in [-0.05, 0) is 61.2 Å². The maximum Gasteiger partial charge on any atom is 0.142 e. The van der Waals surface area contributed by atoms with Crippen LogP contribution in [0.2, 0.25) is 0 Å². The van der Waals surface area contributed by atoms with Crippen molar-refractivity contribution >= 4 is 11.6 Å². The lowest BCUT2D eigenvalue weighted by atomic mass is 9.70. The molecule has 4 fully saturated rings. The van der Waals surface area contributed by atoms with Gasteiger partial charge in [-0.15, -0.1) is 0 Å². The fourth-order valence-electron chi connectivity index (χ4n) is 7.57. The molecule has 0 aromatic heterocycles. The summed E-state index contributed by atoms with van der Waals surface area (Å²) >= 11 is 0. The average molecular weight is 331 g/mol. The Balaban J connectivity index is 1.52. The summed E-state index contributed by atoms with van der Waals surface area (Å²) in [7, 11) is 0. The molecule has 134 valence electrons. The summed E-state index contributed by atoms with van der Waals surface area (Å²) in [4.78, 5) is 26.1. The molecule has 0 aromatic rings. The van der Waals surface area contributed by atoms with Crippen molar-refractivity contribution in [3.63, 3.8) is 0 Å². The number of fused-ring (bicyclic) bond motifs is 4. The predicted molar refractivity (Wildman–Crippen MR) is 95.5 cm³/mol. The summed E-state index contributed by atoms with van der Waals surface area (Å²) in [6.45, 7) is 13.6. The summed E-state index contributed by atoms with van der Waals surface area (Å²) in [6, 6.07) is 0. The van der Waals surface area contributed by atoms with Gasteiger partial charge in [0.25, 0.3) is 0 Å². The topological polar surface area (TPSA) is 34.1 Å². The largest absolute Gasteiger partial charge is 0.299 e. The number of carbonyl (C=O) groups excluding carboxylic acids is 2. The molecule has 0 aliphatic heterocycles. The van der Waals surface area contributed by atoms with Crippen LogP contribution in [0.5, 0.6) is 0 Å². The summed E-state index contributed by atoms with van der Waals surface area (Å²) < 4.78 is 0. The highest BCUT2D eigenvalue weighted by molar-refractivity contribution is 5.93. The Morgan fingerprint density at radius 3 is 1.29 bits per heavy atom. The van der Waals surface area contributed by atoms with E-state index < -0.39 is 0 Å². The molecule has 0 radical (unpaired) electrons. The lowest BCUT2D eigenvalue weighted by molar-refractivity contribution is -0.134. The molecule has 0 aromatic carbocycles. The fraction of sp³-hybridized carbons (Fsp3) is 0.909. The Kier molecular flexibility index (Phi) is 3.18. The number of ketones is 2. The highest BCUT2D eigenvalue weighted by Gasteiger charge is 2.68. The SMILES string of the molecule is CC1(C)[C@@H]2CC[C@@]1(C)C(=O)[C@@H]2CC[C@H]1C(=O)[C@]2(C)CC[C@@H]1C2(C)C. The molecule has 0 saturated heterocycles. The zero-order chi connectivity index (χ0) is 17.7. The summed E-state index contributed by atoms with van der Waals surface area (Å²) in [5, 5.41) is 0. The first kappa shape index (κ1) is 16.8. The monoisotopic (exact) mass is 330 g/mol. The molecule has 4 aliphatic carbocycles. The van der Waals surface area contributed by atoms with Gasteiger partial charge in [-0.1, -0.05) is 41.5 Å². The van der Waals surface area contributed by atoms with E-state index in [2.05, 4.69) is 41.5 Å². The molecule has 4 saturated carbocycles. The highest BCUT2D eigenvalue weighted by atomic mass is 16.1. The van der Waals surface area contributed by atoms with E-state index in [-0.39, 0.29) is 33.5 Å². The van der Waals surface area contributed by atoms with Crippen molar-refractivity contribution in [1.82, 2.24) is 0 Å². The fourth-order valence-corrected chi connectivity index (χ4v) is 7.57. The third-order valence-corrected chi connectivity index (χ3v) is 10.1. The first-order valence-corrected chi connectivity index (χ1v) is 10.1. The zero-order valence-corrected chi connectivity index (χ0v) is 16.4. The number of rotatable bonds is 3. The lowest BCUT2D eigenvalue weighted by Gasteiger charge is -2.32. The summed E-state index contributed by atoms with van der Waals surface area (Å²) in [5.41, 5.74) is 0.0376. The normalized spacial score (nSPS) is 50.9. The minimum atomic E-state index is -0.119. The number of hydrogen-bond donors (Lipinski definition) is 0. The minimum absolute atomic E-state index is 0.119. The molecule has 6 atom stereocenters. The van der Waals surface area contributed by atoms with Gasteiger partial charge in [0, 0.05) is 22.7 Å². The van der Waals surface area contributed by atoms with E-state index in [1.54, 1.807) is 0 Å². The number of hydrogen-bond acceptors (Lipinski definition) is 2. The van der Waals surface area contributed by atoms with Crippen LogP contribution in [0.25, 0.3) is 0 Å². The van der Waals surface area contributed by atoms with Crippen LogP contribution in [-0.4, -0.2) is 11.6 Å². The van der Waals surface area contributed by atoms with E-state index in [0.717, 1.165) is 25.7 Å². The lowest BCUT2D eigenvalue weighted by Crippen LogP contribution is -2.34. The van der Waals surface area contributed by atoms with Gasteiger partial charge < -0.3 is 0 Å².